The van der Waals surface area contributed by atoms with Gasteiger partial charge >= 0.3 is 0 Å². The fourth-order valence-corrected chi connectivity index (χ4v) is 1.67. The summed E-state index contributed by atoms with van der Waals surface area (Å²) < 4.78 is 14.7. The number of pyridine rings is 1. The highest BCUT2D eigenvalue weighted by Gasteiger charge is 2.21. The quantitative estimate of drug-likeness (QED) is 0.733. The van der Waals surface area contributed by atoms with Crippen LogP contribution in [0.3, 0.4) is 0 Å². The van der Waals surface area contributed by atoms with Gasteiger partial charge < -0.3 is 9.72 Å². The highest BCUT2D eigenvalue weighted by Crippen LogP contribution is 2.19. The molecule has 3 nitrogen and oxygen atoms in total. The molecule has 0 atom stereocenters. The first-order chi connectivity index (χ1) is 6.83. The third-order valence-corrected chi connectivity index (χ3v) is 2.64. The molecule has 2 aromatic heterocycles. The van der Waals surface area contributed by atoms with Gasteiger partial charge in [-0.1, -0.05) is 0 Å². The summed E-state index contributed by atoms with van der Waals surface area (Å²) in [4.78, 5) is 4.38. The molecule has 1 aliphatic heterocycles. The Labute approximate surface area is 80.6 Å². The van der Waals surface area contributed by atoms with Crippen molar-refractivity contribution in [1.29, 1.82) is 0 Å². The van der Waals surface area contributed by atoms with Crippen LogP contribution in [0.15, 0.2) is 24.5 Å². The Morgan fingerprint density at radius 1 is 1.50 bits per heavy atom. The van der Waals surface area contributed by atoms with Crippen LogP contribution in [0.25, 0.3) is 5.65 Å². The molecule has 1 aliphatic rings. The zero-order valence-electron chi connectivity index (χ0n) is 7.57. The summed E-state index contributed by atoms with van der Waals surface area (Å²) in [6.07, 6.45) is 3.67. The zero-order chi connectivity index (χ0) is 9.54. The van der Waals surface area contributed by atoms with Gasteiger partial charge in [0.2, 0.25) is 0 Å². The summed E-state index contributed by atoms with van der Waals surface area (Å²) >= 11 is 0. The van der Waals surface area contributed by atoms with Gasteiger partial charge in [0.1, 0.15) is 11.5 Å². The van der Waals surface area contributed by atoms with E-state index in [1.54, 1.807) is 6.20 Å². The second-order valence-electron chi connectivity index (χ2n) is 3.63. The lowest BCUT2D eigenvalue weighted by Crippen LogP contribution is -2.40. The average molecular weight is 191 g/mol. The third-order valence-electron chi connectivity index (χ3n) is 2.64. The Morgan fingerprint density at radius 2 is 2.36 bits per heavy atom. The first-order valence-electron chi connectivity index (χ1n) is 4.68. The number of hydrogen-bond acceptors (Lipinski definition) is 2. The van der Waals surface area contributed by atoms with Gasteiger partial charge in [0.15, 0.2) is 0 Å². The predicted molar refractivity (Wildman–Crippen MR) is 50.8 cm³/mol. The zero-order valence-corrected chi connectivity index (χ0v) is 7.57. The minimum absolute atomic E-state index is 0.235. The number of fused-ring (bicyclic) bond motifs is 1. The van der Waals surface area contributed by atoms with Crippen LogP contribution in [0.5, 0.6) is 0 Å². The maximum absolute atomic E-state index is 12.9. The third kappa shape index (κ3) is 1.11. The summed E-state index contributed by atoms with van der Waals surface area (Å²) in [5.41, 5.74) is 1.74. The van der Waals surface area contributed by atoms with Crippen molar-refractivity contribution in [2.45, 2.75) is 5.92 Å². The van der Waals surface area contributed by atoms with Crippen molar-refractivity contribution in [3.63, 3.8) is 0 Å². The van der Waals surface area contributed by atoms with E-state index in [1.807, 2.05) is 10.6 Å². The monoisotopic (exact) mass is 191 g/mol. The van der Waals surface area contributed by atoms with Crippen LogP contribution in [0, 0.1) is 5.82 Å². The Kier molecular flexibility index (Phi) is 1.58. The SMILES string of the molecule is Fc1ccn2cc(C3CNC3)nc2c1. The van der Waals surface area contributed by atoms with E-state index in [-0.39, 0.29) is 5.82 Å². The molecule has 3 rings (SSSR count). The van der Waals surface area contributed by atoms with E-state index in [1.165, 1.54) is 12.1 Å². The first-order valence-corrected chi connectivity index (χ1v) is 4.68. The van der Waals surface area contributed by atoms with Crippen LogP contribution in [0.1, 0.15) is 11.6 Å². The second-order valence-corrected chi connectivity index (χ2v) is 3.63. The van der Waals surface area contributed by atoms with Gasteiger partial charge in [0, 0.05) is 37.5 Å². The predicted octanol–water partition coefficient (Wildman–Crippen LogP) is 1.16. The van der Waals surface area contributed by atoms with Gasteiger partial charge in [-0.2, -0.15) is 0 Å². The van der Waals surface area contributed by atoms with E-state index in [0.717, 1.165) is 18.8 Å². The van der Waals surface area contributed by atoms with Crippen molar-refractivity contribution in [2.75, 3.05) is 13.1 Å². The number of hydrogen-bond donors (Lipinski definition) is 1. The van der Waals surface area contributed by atoms with E-state index in [4.69, 9.17) is 0 Å². The van der Waals surface area contributed by atoms with Crippen LogP contribution in [-0.2, 0) is 0 Å². The normalized spacial score (nSPS) is 17.2. The second kappa shape index (κ2) is 2.78. The standard InChI is InChI=1S/C10H10FN3/c11-8-1-2-14-6-9(7-4-12-5-7)13-10(14)3-8/h1-3,6-7,12H,4-5H2. The fourth-order valence-electron chi connectivity index (χ4n) is 1.67. The summed E-state index contributed by atoms with van der Waals surface area (Å²) in [6, 6.07) is 2.90. The molecule has 0 saturated carbocycles. The van der Waals surface area contributed by atoms with Crippen LogP contribution >= 0.6 is 0 Å². The number of imidazole rings is 1. The molecule has 72 valence electrons. The molecule has 0 aliphatic carbocycles. The van der Waals surface area contributed by atoms with E-state index in [9.17, 15) is 4.39 Å². The molecule has 1 saturated heterocycles. The number of nitrogens with one attached hydrogen (secondary N) is 1. The van der Waals surface area contributed by atoms with Gasteiger partial charge in [0.25, 0.3) is 0 Å². The molecule has 1 N–H and O–H groups in total. The largest absolute Gasteiger partial charge is 0.315 e. The van der Waals surface area contributed by atoms with Crippen molar-refractivity contribution in [3.8, 4) is 0 Å². The molecule has 0 radical (unpaired) electrons. The molecular weight excluding hydrogens is 181 g/mol. The lowest BCUT2D eigenvalue weighted by Gasteiger charge is -2.24. The van der Waals surface area contributed by atoms with Crippen molar-refractivity contribution < 1.29 is 4.39 Å². The molecule has 4 heteroatoms. The molecule has 0 unspecified atom stereocenters. The molecular formula is C10H10FN3. The number of aromatic nitrogens is 2. The number of nitrogens with zero attached hydrogens (tertiary/aromatic N) is 2. The summed E-state index contributed by atoms with van der Waals surface area (Å²) in [5, 5.41) is 3.19. The molecule has 0 aromatic carbocycles. The Balaban J connectivity index is 2.10. The Morgan fingerprint density at radius 3 is 3.07 bits per heavy atom. The molecule has 3 heterocycles. The fraction of sp³-hybridized carbons (Fsp3) is 0.300. The smallest absolute Gasteiger partial charge is 0.139 e. The van der Waals surface area contributed by atoms with E-state index in [0.29, 0.717) is 11.6 Å². The summed E-state index contributed by atoms with van der Waals surface area (Å²) in [5.74, 6) is 0.263. The van der Waals surface area contributed by atoms with Crippen LogP contribution in [0.2, 0.25) is 0 Å². The van der Waals surface area contributed by atoms with Crippen molar-refractivity contribution in [3.05, 3.63) is 36.0 Å². The molecule has 14 heavy (non-hydrogen) atoms. The van der Waals surface area contributed by atoms with E-state index in [2.05, 4.69) is 10.3 Å². The molecule has 2 aromatic rings. The van der Waals surface area contributed by atoms with Crippen molar-refractivity contribution in [1.82, 2.24) is 14.7 Å². The van der Waals surface area contributed by atoms with Gasteiger partial charge in [-0.25, -0.2) is 9.37 Å². The van der Waals surface area contributed by atoms with Crippen molar-refractivity contribution in [2.24, 2.45) is 0 Å². The van der Waals surface area contributed by atoms with Crippen LogP contribution in [0.4, 0.5) is 4.39 Å². The van der Waals surface area contributed by atoms with E-state index < -0.39 is 0 Å². The van der Waals surface area contributed by atoms with E-state index >= 15 is 0 Å². The maximum atomic E-state index is 12.9. The molecule has 0 amide bonds. The molecule has 0 bridgehead atoms. The maximum Gasteiger partial charge on any atom is 0.139 e. The Bertz CT molecular complexity index is 473. The van der Waals surface area contributed by atoms with Gasteiger partial charge in [-0.15, -0.1) is 0 Å². The minimum atomic E-state index is -0.235. The number of rotatable bonds is 1. The highest BCUT2D eigenvalue weighted by molar-refractivity contribution is 5.41. The van der Waals surface area contributed by atoms with Gasteiger partial charge in [-0.3, -0.25) is 0 Å². The molecule has 0 spiro atoms. The highest BCUT2D eigenvalue weighted by atomic mass is 19.1. The van der Waals surface area contributed by atoms with Crippen LogP contribution < -0.4 is 5.32 Å². The average Bonchev–Trinajstić information content (AvgIpc) is 2.43. The summed E-state index contributed by atoms with van der Waals surface area (Å²) in [7, 11) is 0. The number of halogens is 1. The topological polar surface area (TPSA) is 29.3 Å². The van der Waals surface area contributed by atoms with Crippen molar-refractivity contribution >= 4 is 5.65 Å². The van der Waals surface area contributed by atoms with Gasteiger partial charge in [-0.05, 0) is 6.07 Å². The minimum Gasteiger partial charge on any atom is -0.315 e. The first kappa shape index (κ1) is 7.94. The lowest BCUT2D eigenvalue weighted by atomic mass is 10.0. The lowest BCUT2D eigenvalue weighted by molar-refractivity contribution is 0.441. The Hall–Kier alpha value is -1.42. The van der Waals surface area contributed by atoms with Gasteiger partial charge in [0.05, 0.1) is 5.69 Å². The summed E-state index contributed by atoms with van der Waals surface area (Å²) in [6.45, 7) is 1.96. The van der Waals surface area contributed by atoms with Crippen LogP contribution in [-0.4, -0.2) is 22.5 Å². The molecule has 1 fully saturated rings.